The van der Waals surface area contributed by atoms with Crippen LogP contribution in [0.4, 0.5) is 0 Å². The van der Waals surface area contributed by atoms with Gasteiger partial charge in [-0.25, -0.2) is 0 Å². The number of carbonyl (C=O) groups is 3. The van der Waals surface area contributed by atoms with Gasteiger partial charge >= 0.3 is 5.97 Å². The summed E-state index contributed by atoms with van der Waals surface area (Å²) in [5.41, 5.74) is 1.04. The Morgan fingerprint density at radius 1 is 0.900 bits per heavy atom. The molecule has 0 radical (unpaired) electrons. The number of carbonyl (C=O) groups excluding carboxylic acids is 3. The largest absolute Gasteiger partial charge is 0.466 e. The van der Waals surface area contributed by atoms with Crippen LogP contribution in [0.5, 0.6) is 0 Å². The van der Waals surface area contributed by atoms with Crippen molar-refractivity contribution in [3.63, 3.8) is 0 Å². The molecule has 162 valence electrons. The van der Waals surface area contributed by atoms with Gasteiger partial charge < -0.3 is 14.5 Å². The molecule has 0 saturated heterocycles. The second-order valence-electron chi connectivity index (χ2n) is 6.94. The number of ether oxygens (including phenoxy) is 1. The molecule has 6 nitrogen and oxygen atoms in total. The first kappa shape index (κ1) is 23.6. The average molecular weight is 431 g/mol. The minimum atomic E-state index is -0.392. The maximum absolute atomic E-state index is 13.1. The van der Waals surface area contributed by atoms with Crippen LogP contribution >= 0.6 is 11.3 Å². The summed E-state index contributed by atoms with van der Waals surface area (Å²) in [5, 5.41) is 1.99. The van der Waals surface area contributed by atoms with Crippen molar-refractivity contribution in [3.8, 4) is 0 Å². The van der Waals surface area contributed by atoms with Crippen LogP contribution < -0.4 is 0 Å². The zero-order chi connectivity index (χ0) is 21.8. The van der Waals surface area contributed by atoms with Crippen molar-refractivity contribution in [2.75, 3.05) is 19.7 Å². The molecule has 0 atom stereocenters. The highest BCUT2D eigenvalue weighted by Gasteiger charge is 2.22. The maximum atomic E-state index is 13.1. The van der Waals surface area contributed by atoms with Crippen molar-refractivity contribution >= 4 is 29.1 Å². The molecule has 0 aliphatic carbocycles. The normalized spacial score (nSPS) is 10.5. The van der Waals surface area contributed by atoms with Gasteiger partial charge in [-0.2, -0.15) is 0 Å². The molecule has 2 rings (SSSR count). The lowest BCUT2D eigenvalue weighted by Gasteiger charge is -2.27. The Labute approximate surface area is 182 Å². The van der Waals surface area contributed by atoms with Gasteiger partial charge in [0, 0.05) is 24.4 Å². The first-order valence-corrected chi connectivity index (χ1v) is 11.2. The van der Waals surface area contributed by atoms with Gasteiger partial charge in [0.2, 0.25) is 11.8 Å². The van der Waals surface area contributed by atoms with Crippen LogP contribution in [0.3, 0.4) is 0 Å². The van der Waals surface area contributed by atoms with Gasteiger partial charge in [0.15, 0.2) is 0 Å². The molecule has 1 aromatic carbocycles. The Bertz CT molecular complexity index is 793. The summed E-state index contributed by atoms with van der Waals surface area (Å²) in [6.45, 7) is 5.46. The fourth-order valence-corrected chi connectivity index (χ4v) is 3.77. The second-order valence-corrected chi connectivity index (χ2v) is 7.97. The molecular weight excluding hydrogens is 400 g/mol. The summed E-state index contributed by atoms with van der Waals surface area (Å²) < 4.78 is 4.89. The molecule has 0 spiro atoms. The standard InChI is InChI=1S/C23H30N2O4S/c1-3-14-24(21(26)12-13-23(28)29-4-2)18-22(27)25(17-20-11-8-15-30-20)16-19-9-6-5-7-10-19/h5-11,15H,3-4,12-14,16-18H2,1-2H3. The Hall–Kier alpha value is -2.67. The molecule has 2 amide bonds. The van der Waals surface area contributed by atoms with Crippen LogP contribution in [0.1, 0.15) is 43.6 Å². The molecular formula is C23H30N2O4S. The topological polar surface area (TPSA) is 66.9 Å². The van der Waals surface area contributed by atoms with Gasteiger partial charge in [0.1, 0.15) is 0 Å². The maximum Gasteiger partial charge on any atom is 0.306 e. The fraction of sp³-hybridized carbons (Fsp3) is 0.435. The zero-order valence-corrected chi connectivity index (χ0v) is 18.5. The molecule has 0 bridgehead atoms. The van der Waals surface area contributed by atoms with Gasteiger partial charge in [-0.15, -0.1) is 11.3 Å². The molecule has 30 heavy (non-hydrogen) atoms. The van der Waals surface area contributed by atoms with Crippen molar-refractivity contribution in [2.24, 2.45) is 0 Å². The number of thiophene rings is 1. The summed E-state index contributed by atoms with van der Waals surface area (Å²) >= 11 is 1.60. The fourth-order valence-electron chi connectivity index (χ4n) is 3.05. The smallest absolute Gasteiger partial charge is 0.306 e. The Balaban J connectivity index is 2.05. The van der Waals surface area contributed by atoms with E-state index in [1.54, 1.807) is 28.1 Å². The average Bonchev–Trinajstić information content (AvgIpc) is 3.25. The van der Waals surface area contributed by atoms with Crippen LogP contribution in [0.2, 0.25) is 0 Å². The highest BCUT2D eigenvalue weighted by atomic mass is 32.1. The number of hydrogen-bond donors (Lipinski definition) is 0. The lowest BCUT2D eigenvalue weighted by atomic mass is 10.2. The second kappa shape index (κ2) is 12.8. The monoisotopic (exact) mass is 430 g/mol. The lowest BCUT2D eigenvalue weighted by molar-refractivity contribution is -0.146. The van der Waals surface area contributed by atoms with Gasteiger partial charge in [-0.05, 0) is 30.4 Å². The lowest BCUT2D eigenvalue weighted by Crippen LogP contribution is -2.42. The van der Waals surface area contributed by atoms with Crippen LogP contribution in [0.15, 0.2) is 47.8 Å². The minimum Gasteiger partial charge on any atom is -0.466 e. The Kier molecular flexibility index (Phi) is 10.1. The van der Waals surface area contributed by atoms with Gasteiger partial charge in [0.25, 0.3) is 0 Å². The summed E-state index contributed by atoms with van der Waals surface area (Å²) in [6, 6.07) is 13.8. The molecule has 0 N–H and O–H groups in total. The van der Waals surface area contributed by atoms with Gasteiger partial charge in [-0.3, -0.25) is 14.4 Å². The van der Waals surface area contributed by atoms with E-state index in [1.165, 1.54) is 0 Å². The predicted molar refractivity (Wildman–Crippen MR) is 118 cm³/mol. The number of esters is 1. The number of hydrogen-bond acceptors (Lipinski definition) is 5. The Morgan fingerprint density at radius 2 is 1.67 bits per heavy atom. The molecule has 0 aliphatic rings. The van der Waals surface area contributed by atoms with E-state index in [0.717, 1.165) is 16.9 Å². The first-order chi connectivity index (χ1) is 14.5. The van der Waals surface area contributed by atoms with Crippen molar-refractivity contribution in [2.45, 2.75) is 46.2 Å². The Morgan fingerprint density at radius 3 is 2.30 bits per heavy atom. The van der Waals surface area contributed by atoms with Crippen LogP contribution in [-0.2, 0) is 32.2 Å². The van der Waals surface area contributed by atoms with E-state index in [-0.39, 0.29) is 31.2 Å². The number of nitrogens with zero attached hydrogens (tertiary/aromatic N) is 2. The van der Waals surface area contributed by atoms with E-state index in [2.05, 4.69) is 0 Å². The number of amides is 2. The number of rotatable bonds is 12. The number of benzene rings is 1. The van der Waals surface area contributed by atoms with Crippen LogP contribution in [0.25, 0.3) is 0 Å². The summed E-state index contributed by atoms with van der Waals surface area (Å²) in [5.74, 6) is -0.698. The van der Waals surface area contributed by atoms with Gasteiger partial charge in [0.05, 0.1) is 26.1 Å². The van der Waals surface area contributed by atoms with E-state index in [9.17, 15) is 14.4 Å². The molecule has 0 fully saturated rings. The van der Waals surface area contributed by atoms with Crippen molar-refractivity contribution < 1.29 is 19.1 Å². The van der Waals surface area contributed by atoms with E-state index in [0.29, 0.717) is 26.2 Å². The van der Waals surface area contributed by atoms with E-state index in [4.69, 9.17) is 4.74 Å². The molecule has 1 heterocycles. The van der Waals surface area contributed by atoms with Crippen molar-refractivity contribution in [3.05, 3.63) is 58.3 Å². The molecule has 1 aromatic heterocycles. The first-order valence-electron chi connectivity index (χ1n) is 10.3. The highest BCUT2D eigenvalue weighted by molar-refractivity contribution is 7.09. The van der Waals surface area contributed by atoms with E-state index in [1.807, 2.05) is 54.8 Å². The van der Waals surface area contributed by atoms with Crippen LogP contribution in [0, 0.1) is 0 Å². The zero-order valence-electron chi connectivity index (χ0n) is 17.7. The van der Waals surface area contributed by atoms with Gasteiger partial charge in [-0.1, -0.05) is 43.3 Å². The SMILES string of the molecule is CCCN(CC(=O)N(Cc1ccccc1)Cc1cccs1)C(=O)CCC(=O)OCC. The third-order valence-electron chi connectivity index (χ3n) is 4.52. The summed E-state index contributed by atoms with van der Waals surface area (Å²) in [6.07, 6.45) is 0.821. The highest BCUT2D eigenvalue weighted by Crippen LogP contribution is 2.15. The van der Waals surface area contributed by atoms with E-state index >= 15 is 0 Å². The quantitative estimate of drug-likeness (QED) is 0.480. The summed E-state index contributed by atoms with van der Waals surface area (Å²) in [7, 11) is 0. The molecule has 7 heteroatoms. The third kappa shape index (κ3) is 7.99. The van der Waals surface area contributed by atoms with Crippen molar-refractivity contribution in [1.82, 2.24) is 9.80 Å². The van der Waals surface area contributed by atoms with Crippen molar-refractivity contribution in [1.29, 1.82) is 0 Å². The molecule has 0 saturated carbocycles. The van der Waals surface area contributed by atoms with E-state index < -0.39 is 5.97 Å². The summed E-state index contributed by atoms with van der Waals surface area (Å²) in [4.78, 5) is 41.8. The molecule has 0 aliphatic heterocycles. The predicted octanol–water partition coefficient (Wildman–Crippen LogP) is 3.86. The van der Waals surface area contributed by atoms with Crippen LogP contribution in [-0.4, -0.2) is 47.3 Å². The molecule has 2 aromatic rings. The minimum absolute atomic E-state index is 0.00765. The molecule has 0 unspecified atom stereocenters. The third-order valence-corrected chi connectivity index (χ3v) is 5.38.